The van der Waals surface area contributed by atoms with E-state index in [9.17, 15) is 4.21 Å². The number of hydrogen-bond donors (Lipinski definition) is 0. The molecule has 11 heavy (non-hydrogen) atoms. The van der Waals surface area contributed by atoms with Gasteiger partial charge in [0.25, 0.3) is 0 Å². The van der Waals surface area contributed by atoms with E-state index in [1.54, 1.807) is 0 Å². The van der Waals surface area contributed by atoms with Crippen LogP contribution in [0.25, 0.3) is 0 Å². The Balaban J connectivity index is 2.72. The first kappa shape index (κ1) is 9.33. The molecule has 1 aliphatic heterocycles. The van der Waals surface area contributed by atoms with Gasteiger partial charge in [0.1, 0.15) is 4.08 Å². The SMILES string of the molecule is C/C=C/[C@@]1(C)SCCCS1=O. The van der Waals surface area contributed by atoms with Gasteiger partial charge in [-0.3, -0.25) is 4.21 Å². The van der Waals surface area contributed by atoms with E-state index < -0.39 is 10.8 Å². The first-order valence-corrected chi connectivity index (χ1v) is 6.16. The molecule has 0 spiro atoms. The molecule has 0 aliphatic carbocycles. The van der Waals surface area contributed by atoms with Crippen LogP contribution in [0.3, 0.4) is 0 Å². The lowest BCUT2D eigenvalue weighted by atomic mass is 10.4. The molecule has 0 aromatic rings. The molecule has 1 aliphatic rings. The van der Waals surface area contributed by atoms with Crippen molar-refractivity contribution in [2.75, 3.05) is 11.5 Å². The number of hydrogen-bond acceptors (Lipinski definition) is 2. The standard InChI is InChI=1S/C8H14OS2/c1-3-5-8(2)10-6-4-7-11(8)9/h3,5H,4,6-7H2,1-2H3/b5-3+/t8-,11?/m0/s1. The monoisotopic (exact) mass is 190 g/mol. The third kappa shape index (κ3) is 2.09. The van der Waals surface area contributed by atoms with E-state index in [0.717, 1.165) is 17.9 Å². The van der Waals surface area contributed by atoms with Gasteiger partial charge in [0.15, 0.2) is 0 Å². The van der Waals surface area contributed by atoms with E-state index in [1.165, 1.54) is 0 Å². The molecule has 3 heteroatoms. The fraction of sp³-hybridized carbons (Fsp3) is 0.750. The molecule has 1 heterocycles. The summed E-state index contributed by atoms with van der Waals surface area (Å²) in [6, 6.07) is 0. The molecule has 1 fully saturated rings. The molecule has 0 N–H and O–H groups in total. The van der Waals surface area contributed by atoms with Crippen LogP contribution in [0.5, 0.6) is 0 Å². The van der Waals surface area contributed by atoms with Crippen molar-refractivity contribution in [3.8, 4) is 0 Å². The van der Waals surface area contributed by atoms with Gasteiger partial charge in [0.2, 0.25) is 0 Å². The summed E-state index contributed by atoms with van der Waals surface area (Å²) in [5.41, 5.74) is 0. The van der Waals surface area contributed by atoms with Crippen LogP contribution in [0, 0.1) is 0 Å². The Bertz CT molecular complexity index is 189. The molecule has 1 nitrogen and oxygen atoms in total. The van der Waals surface area contributed by atoms with Crippen molar-refractivity contribution in [1.82, 2.24) is 0 Å². The Morgan fingerprint density at radius 3 is 2.91 bits per heavy atom. The zero-order valence-electron chi connectivity index (χ0n) is 7.00. The quantitative estimate of drug-likeness (QED) is 0.589. The summed E-state index contributed by atoms with van der Waals surface area (Å²) >= 11 is 1.81. The molecule has 0 aromatic carbocycles. The van der Waals surface area contributed by atoms with Crippen molar-refractivity contribution in [3.05, 3.63) is 12.2 Å². The Labute approximate surface area is 75.1 Å². The van der Waals surface area contributed by atoms with Crippen molar-refractivity contribution in [2.45, 2.75) is 24.3 Å². The number of rotatable bonds is 1. The summed E-state index contributed by atoms with van der Waals surface area (Å²) in [6.07, 6.45) is 5.16. The van der Waals surface area contributed by atoms with Crippen molar-refractivity contribution in [3.63, 3.8) is 0 Å². The second-order valence-electron chi connectivity index (χ2n) is 2.77. The zero-order chi connectivity index (χ0) is 8.32. The Morgan fingerprint density at radius 2 is 2.36 bits per heavy atom. The predicted molar refractivity (Wildman–Crippen MR) is 53.3 cm³/mol. The zero-order valence-corrected chi connectivity index (χ0v) is 8.63. The van der Waals surface area contributed by atoms with Crippen LogP contribution in [-0.2, 0) is 10.8 Å². The highest BCUT2D eigenvalue weighted by Gasteiger charge is 2.31. The summed E-state index contributed by atoms with van der Waals surface area (Å²) in [6.45, 7) is 4.05. The highest BCUT2D eigenvalue weighted by molar-refractivity contribution is 8.13. The molecule has 1 rings (SSSR count). The highest BCUT2D eigenvalue weighted by Crippen LogP contribution is 2.35. The fourth-order valence-corrected chi connectivity index (χ4v) is 4.39. The minimum absolute atomic E-state index is 0.104. The first-order valence-electron chi connectivity index (χ1n) is 3.85. The lowest BCUT2D eigenvalue weighted by molar-refractivity contribution is 0.674. The molecule has 0 bridgehead atoms. The van der Waals surface area contributed by atoms with Crippen LogP contribution in [-0.4, -0.2) is 19.8 Å². The van der Waals surface area contributed by atoms with E-state index in [2.05, 4.69) is 13.0 Å². The van der Waals surface area contributed by atoms with Gasteiger partial charge in [-0.25, -0.2) is 0 Å². The largest absolute Gasteiger partial charge is 0.258 e. The summed E-state index contributed by atoms with van der Waals surface area (Å²) in [5, 5.41) is 0. The smallest absolute Gasteiger partial charge is 0.106 e. The van der Waals surface area contributed by atoms with Gasteiger partial charge < -0.3 is 0 Å². The maximum absolute atomic E-state index is 11.5. The molecule has 1 saturated heterocycles. The Morgan fingerprint density at radius 1 is 1.64 bits per heavy atom. The van der Waals surface area contributed by atoms with Crippen molar-refractivity contribution >= 4 is 22.6 Å². The van der Waals surface area contributed by atoms with Crippen LogP contribution >= 0.6 is 11.8 Å². The summed E-state index contributed by atoms with van der Waals surface area (Å²) < 4.78 is 11.4. The average molecular weight is 190 g/mol. The predicted octanol–water partition coefficient (Wildman–Crippen LogP) is 2.16. The van der Waals surface area contributed by atoms with Gasteiger partial charge >= 0.3 is 0 Å². The number of allylic oxidation sites excluding steroid dienone is 1. The van der Waals surface area contributed by atoms with Crippen LogP contribution in [0.4, 0.5) is 0 Å². The van der Waals surface area contributed by atoms with E-state index in [4.69, 9.17) is 0 Å². The minimum Gasteiger partial charge on any atom is -0.258 e. The van der Waals surface area contributed by atoms with Gasteiger partial charge in [-0.2, -0.15) is 0 Å². The van der Waals surface area contributed by atoms with Crippen LogP contribution in [0.2, 0.25) is 0 Å². The Kier molecular flexibility index (Phi) is 3.19. The van der Waals surface area contributed by atoms with E-state index in [-0.39, 0.29) is 4.08 Å². The number of thioether (sulfide) groups is 1. The molecule has 64 valence electrons. The van der Waals surface area contributed by atoms with Gasteiger partial charge in [0, 0.05) is 16.6 Å². The topological polar surface area (TPSA) is 17.1 Å². The van der Waals surface area contributed by atoms with Gasteiger partial charge in [-0.05, 0) is 26.0 Å². The highest BCUT2D eigenvalue weighted by atomic mass is 32.2. The lowest BCUT2D eigenvalue weighted by Crippen LogP contribution is -2.30. The minimum atomic E-state index is -0.667. The average Bonchev–Trinajstić information content (AvgIpc) is 1.96. The Hall–Kier alpha value is 0.240. The molecule has 2 atom stereocenters. The van der Waals surface area contributed by atoms with Crippen molar-refractivity contribution in [2.24, 2.45) is 0 Å². The maximum atomic E-state index is 11.5. The maximum Gasteiger partial charge on any atom is 0.106 e. The van der Waals surface area contributed by atoms with Gasteiger partial charge in [0.05, 0.1) is 0 Å². The van der Waals surface area contributed by atoms with Crippen molar-refractivity contribution < 1.29 is 4.21 Å². The lowest BCUT2D eigenvalue weighted by Gasteiger charge is -2.28. The molecule has 0 amide bonds. The van der Waals surface area contributed by atoms with Crippen LogP contribution < -0.4 is 0 Å². The summed E-state index contributed by atoms with van der Waals surface area (Å²) in [5.74, 6) is 2.01. The molecule has 0 radical (unpaired) electrons. The van der Waals surface area contributed by atoms with E-state index in [1.807, 2.05) is 24.8 Å². The van der Waals surface area contributed by atoms with Gasteiger partial charge in [-0.15, -0.1) is 11.8 Å². The van der Waals surface area contributed by atoms with Crippen LogP contribution in [0.1, 0.15) is 20.3 Å². The van der Waals surface area contributed by atoms with Crippen LogP contribution in [0.15, 0.2) is 12.2 Å². The molecule has 0 saturated carbocycles. The summed E-state index contributed by atoms with van der Waals surface area (Å²) in [7, 11) is -0.667. The molecule has 1 unspecified atom stereocenters. The third-order valence-corrected chi connectivity index (χ3v) is 5.60. The second kappa shape index (κ2) is 3.76. The third-order valence-electron chi connectivity index (χ3n) is 1.78. The molecular formula is C8H14OS2. The molecule has 0 aromatic heterocycles. The van der Waals surface area contributed by atoms with E-state index in [0.29, 0.717) is 0 Å². The van der Waals surface area contributed by atoms with Gasteiger partial charge in [-0.1, -0.05) is 12.2 Å². The van der Waals surface area contributed by atoms with E-state index >= 15 is 0 Å². The van der Waals surface area contributed by atoms with Crippen molar-refractivity contribution in [1.29, 1.82) is 0 Å². The fourth-order valence-electron chi connectivity index (χ4n) is 1.16. The normalized spacial score (nSPS) is 39.6. The first-order chi connectivity index (χ1) is 5.19. The summed E-state index contributed by atoms with van der Waals surface area (Å²) in [4.78, 5) is 0. The second-order valence-corrected chi connectivity index (χ2v) is 6.52. The molecular weight excluding hydrogens is 176 g/mol.